The number of rotatable bonds is 3. The monoisotopic (exact) mass is 403 g/mol. The lowest BCUT2D eigenvalue weighted by Gasteiger charge is -2.02. The number of carboxylic acid groups (broad SMARTS) is 1. The minimum atomic E-state index is -1.18. The van der Waals surface area contributed by atoms with Gasteiger partial charge in [0.1, 0.15) is 13.1 Å². The first-order valence-electron chi connectivity index (χ1n) is 6.57. The number of aromatic hydroxyl groups is 1. The standard InChI is InChI=1S/C10H9NO.C5H11NO2.HI/c1-11-7-3-5-8-4-2-6-9(12)10(8)11;1-2-3-4-6-5(7)8;/h2-7H,1H3;6H,2-4H2,1H3,(H,7,8);1H/p-1. The van der Waals surface area contributed by atoms with E-state index >= 15 is 0 Å². The van der Waals surface area contributed by atoms with Crippen LogP contribution >= 0.6 is 0 Å². The van der Waals surface area contributed by atoms with Gasteiger partial charge in [-0.15, -0.1) is 0 Å². The number of carbonyl (C=O) groups is 1. The summed E-state index contributed by atoms with van der Waals surface area (Å²) in [5.41, 5.74) is 0.875. The molecular weight excluding hydrogens is 383 g/mol. The van der Waals surface area contributed by atoms with Crippen molar-refractivity contribution in [3.63, 3.8) is 0 Å². The molecule has 0 aliphatic heterocycles. The summed E-state index contributed by atoms with van der Waals surface area (Å²) in [6, 6.07) is 9.46. The zero-order valence-corrected chi connectivity index (χ0v) is 14.3. The van der Waals surface area contributed by atoms with Gasteiger partial charge in [-0.3, -0.25) is 0 Å². The Bertz CT molecular complexity index is 539. The van der Waals surface area contributed by atoms with E-state index in [-0.39, 0.29) is 24.0 Å². The molecule has 5 nitrogen and oxygen atoms in total. The molecule has 0 unspecified atom stereocenters. The summed E-state index contributed by atoms with van der Waals surface area (Å²) in [5.74, 6) is 0.329. The second-order valence-corrected chi connectivity index (χ2v) is 4.40. The zero-order chi connectivity index (χ0) is 15.0. The summed E-state index contributed by atoms with van der Waals surface area (Å²) < 4.78 is 1.91. The van der Waals surface area contributed by atoms with E-state index in [0.29, 0.717) is 12.3 Å². The highest BCUT2D eigenvalue weighted by Crippen LogP contribution is 2.19. The number of phenolic OH excluding ortho intramolecular Hbond substituents is 1. The Morgan fingerprint density at radius 3 is 2.57 bits per heavy atom. The normalized spacial score (nSPS) is 9.24. The van der Waals surface area contributed by atoms with Gasteiger partial charge in [0, 0.05) is 12.6 Å². The first-order valence-corrected chi connectivity index (χ1v) is 6.57. The molecule has 0 radical (unpaired) electrons. The van der Waals surface area contributed by atoms with Gasteiger partial charge in [-0.25, -0.2) is 0 Å². The summed E-state index contributed by atoms with van der Waals surface area (Å²) >= 11 is 0. The molecule has 0 bridgehead atoms. The van der Waals surface area contributed by atoms with Crippen LogP contribution in [0, 0.1) is 0 Å². The minimum absolute atomic E-state index is 0. The molecule has 1 aromatic carbocycles. The van der Waals surface area contributed by atoms with Crippen LogP contribution in [0.25, 0.3) is 10.9 Å². The van der Waals surface area contributed by atoms with Gasteiger partial charge in [0.2, 0.25) is 0 Å². The molecule has 2 rings (SSSR count). The molecule has 0 saturated heterocycles. The number of carbonyl (C=O) groups excluding carboxylic acids is 1. The second-order valence-electron chi connectivity index (χ2n) is 4.40. The van der Waals surface area contributed by atoms with E-state index in [9.17, 15) is 15.0 Å². The van der Waals surface area contributed by atoms with Crippen LogP contribution in [0.4, 0.5) is 4.79 Å². The smallest absolute Gasteiger partial charge is 0.254 e. The maximum atomic E-state index is 9.65. The Morgan fingerprint density at radius 1 is 1.33 bits per heavy atom. The number of nitrogens with one attached hydrogen (secondary N) is 1. The fourth-order valence-corrected chi connectivity index (χ4v) is 1.79. The number of para-hydroxylation sites is 1. The molecule has 2 N–H and O–H groups in total. The number of pyridine rings is 1. The molecule has 21 heavy (non-hydrogen) atoms. The van der Waals surface area contributed by atoms with Gasteiger partial charge in [0.25, 0.3) is 5.52 Å². The van der Waals surface area contributed by atoms with Crippen molar-refractivity contribution in [3.05, 3.63) is 36.5 Å². The average molecular weight is 403 g/mol. The van der Waals surface area contributed by atoms with Gasteiger partial charge in [0.05, 0.1) is 5.39 Å². The van der Waals surface area contributed by atoms with E-state index < -0.39 is 6.09 Å². The number of unbranched alkanes of at least 4 members (excludes halogenated alkanes) is 1. The average Bonchev–Trinajstić information content (AvgIpc) is 2.40. The summed E-state index contributed by atoms with van der Waals surface area (Å²) in [5, 5.41) is 22.4. The van der Waals surface area contributed by atoms with Crippen LogP contribution in [-0.2, 0) is 7.05 Å². The van der Waals surface area contributed by atoms with Crippen molar-refractivity contribution in [1.82, 2.24) is 5.32 Å². The predicted octanol–water partition coefficient (Wildman–Crippen LogP) is -1.91. The Kier molecular flexibility index (Phi) is 9.44. The van der Waals surface area contributed by atoms with Gasteiger partial charge < -0.3 is 44.3 Å². The molecule has 0 fully saturated rings. The topological polar surface area (TPSA) is 76.3 Å². The van der Waals surface area contributed by atoms with E-state index in [2.05, 4.69) is 5.32 Å². The molecule has 0 aliphatic carbocycles. The molecule has 0 spiro atoms. The van der Waals surface area contributed by atoms with Gasteiger partial charge >= 0.3 is 0 Å². The van der Waals surface area contributed by atoms with Crippen molar-refractivity contribution in [3.8, 4) is 5.75 Å². The second kappa shape index (κ2) is 10.2. The SMILES string of the molecule is CCCCNC(=O)[O-].C[n+]1cccc2cccc(O)c21.[I-]. The summed E-state index contributed by atoms with van der Waals surface area (Å²) in [4.78, 5) is 9.65. The highest BCUT2D eigenvalue weighted by atomic mass is 127. The van der Waals surface area contributed by atoms with Crippen molar-refractivity contribution >= 4 is 17.0 Å². The number of fused-ring (bicyclic) bond motifs is 1. The number of nitrogens with zero attached hydrogens (tertiary/aromatic N) is 1. The third-order valence-corrected chi connectivity index (χ3v) is 2.78. The van der Waals surface area contributed by atoms with E-state index in [4.69, 9.17) is 0 Å². The molecule has 0 aliphatic rings. The van der Waals surface area contributed by atoms with E-state index in [1.807, 2.05) is 49.0 Å². The van der Waals surface area contributed by atoms with Crippen LogP contribution in [0.2, 0.25) is 0 Å². The Balaban J connectivity index is 0.000000397. The maximum Gasteiger partial charge on any atom is 0.254 e. The van der Waals surface area contributed by atoms with Crippen LogP contribution in [0.1, 0.15) is 19.8 Å². The lowest BCUT2D eigenvalue weighted by molar-refractivity contribution is -0.645. The fraction of sp³-hybridized carbons (Fsp3) is 0.333. The largest absolute Gasteiger partial charge is 1.00 e. The highest BCUT2D eigenvalue weighted by molar-refractivity contribution is 5.80. The third-order valence-electron chi connectivity index (χ3n) is 2.78. The number of phenols is 1. The Labute approximate surface area is 141 Å². The molecule has 1 aromatic heterocycles. The number of halogens is 1. The summed E-state index contributed by atoms with van der Waals surface area (Å²) in [6.07, 6.45) is 2.62. The van der Waals surface area contributed by atoms with Gasteiger partial charge in [-0.05, 0) is 24.6 Å². The summed E-state index contributed by atoms with van der Waals surface area (Å²) in [7, 11) is 1.92. The number of amides is 1. The van der Waals surface area contributed by atoms with Crippen LogP contribution in [-0.4, -0.2) is 17.7 Å². The molecular formula is C15H20IN2O3-. The fourth-order valence-electron chi connectivity index (χ4n) is 1.79. The summed E-state index contributed by atoms with van der Waals surface area (Å²) in [6.45, 7) is 2.51. The maximum absolute atomic E-state index is 9.65. The Hall–Kier alpha value is -1.57. The first kappa shape index (κ1) is 19.4. The predicted molar refractivity (Wildman–Crippen MR) is 75.1 cm³/mol. The number of aromatic nitrogens is 1. The molecule has 116 valence electrons. The molecule has 1 heterocycles. The van der Waals surface area contributed by atoms with E-state index in [0.717, 1.165) is 23.7 Å². The minimum Gasteiger partial charge on any atom is -1.00 e. The third kappa shape index (κ3) is 6.61. The van der Waals surface area contributed by atoms with Crippen molar-refractivity contribution < 1.29 is 43.6 Å². The van der Waals surface area contributed by atoms with E-state index in [1.165, 1.54) is 0 Å². The molecule has 0 atom stereocenters. The molecule has 1 amide bonds. The Morgan fingerprint density at radius 2 is 2.00 bits per heavy atom. The van der Waals surface area contributed by atoms with Crippen LogP contribution < -0.4 is 39.0 Å². The highest BCUT2D eigenvalue weighted by Gasteiger charge is 2.07. The number of hydrogen-bond donors (Lipinski definition) is 2. The molecule has 6 heteroatoms. The zero-order valence-electron chi connectivity index (χ0n) is 12.2. The quantitative estimate of drug-likeness (QED) is 0.357. The molecule has 2 aromatic rings. The van der Waals surface area contributed by atoms with E-state index in [1.54, 1.807) is 6.07 Å². The van der Waals surface area contributed by atoms with Crippen molar-refractivity contribution in [2.24, 2.45) is 7.05 Å². The number of benzene rings is 1. The lowest BCUT2D eigenvalue weighted by atomic mass is 10.2. The van der Waals surface area contributed by atoms with Crippen LogP contribution in [0.5, 0.6) is 5.75 Å². The van der Waals surface area contributed by atoms with Gasteiger partial charge in [-0.2, -0.15) is 4.57 Å². The first-order chi connectivity index (χ1) is 9.56. The van der Waals surface area contributed by atoms with Gasteiger partial charge in [-0.1, -0.05) is 19.4 Å². The van der Waals surface area contributed by atoms with Crippen LogP contribution in [0.3, 0.4) is 0 Å². The van der Waals surface area contributed by atoms with Crippen molar-refractivity contribution in [1.29, 1.82) is 0 Å². The van der Waals surface area contributed by atoms with Crippen molar-refractivity contribution in [2.45, 2.75) is 19.8 Å². The lowest BCUT2D eigenvalue weighted by Crippen LogP contribution is -3.00. The number of hydrogen-bond acceptors (Lipinski definition) is 3. The molecule has 0 saturated carbocycles. The van der Waals surface area contributed by atoms with Crippen LogP contribution in [0.15, 0.2) is 36.5 Å². The van der Waals surface area contributed by atoms with Gasteiger partial charge in [0.15, 0.2) is 11.9 Å². The number of aryl methyl sites for hydroxylation is 1. The van der Waals surface area contributed by atoms with Crippen molar-refractivity contribution in [2.75, 3.05) is 6.54 Å².